The van der Waals surface area contributed by atoms with Crippen LogP contribution in [0.3, 0.4) is 0 Å². The molecule has 1 heterocycles. The van der Waals surface area contributed by atoms with E-state index < -0.39 is 0 Å². The van der Waals surface area contributed by atoms with Crippen molar-refractivity contribution in [3.05, 3.63) is 84.4 Å². The number of anilines is 1. The number of fused-ring (bicyclic) bond motifs is 1. The lowest BCUT2D eigenvalue weighted by Gasteiger charge is -2.21. The third-order valence-electron chi connectivity index (χ3n) is 4.35. The van der Waals surface area contributed by atoms with E-state index in [0.29, 0.717) is 11.4 Å². The molecular formula is C22H19N3O. The van der Waals surface area contributed by atoms with Gasteiger partial charge in [-0.05, 0) is 29.8 Å². The monoisotopic (exact) mass is 341 g/mol. The third-order valence-corrected chi connectivity index (χ3v) is 4.35. The van der Waals surface area contributed by atoms with Crippen LogP contribution < -0.4 is 4.90 Å². The molecule has 0 bridgehead atoms. The Labute approximate surface area is 152 Å². The Kier molecular flexibility index (Phi) is 4.23. The molecule has 0 amide bonds. The first-order chi connectivity index (χ1) is 12.7. The summed E-state index contributed by atoms with van der Waals surface area (Å²) in [5.41, 5.74) is 2.70. The van der Waals surface area contributed by atoms with E-state index in [1.807, 2.05) is 61.6 Å². The molecule has 0 saturated heterocycles. The van der Waals surface area contributed by atoms with Gasteiger partial charge in [-0.3, -0.25) is 0 Å². The van der Waals surface area contributed by atoms with Crippen molar-refractivity contribution in [2.24, 2.45) is 0 Å². The van der Waals surface area contributed by atoms with Crippen molar-refractivity contribution in [2.75, 3.05) is 11.9 Å². The second-order valence-corrected chi connectivity index (χ2v) is 6.25. The van der Waals surface area contributed by atoms with Crippen LogP contribution in [0.1, 0.15) is 5.56 Å². The number of hydrogen-bond acceptors (Lipinski definition) is 4. The highest BCUT2D eigenvalue weighted by Crippen LogP contribution is 2.31. The molecule has 0 saturated carbocycles. The Morgan fingerprint density at radius 2 is 1.50 bits per heavy atom. The fourth-order valence-corrected chi connectivity index (χ4v) is 3.07. The van der Waals surface area contributed by atoms with E-state index in [0.717, 1.165) is 23.3 Å². The fourth-order valence-electron chi connectivity index (χ4n) is 3.07. The van der Waals surface area contributed by atoms with Crippen LogP contribution in [0.15, 0.2) is 78.9 Å². The summed E-state index contributed by atoms with van der Waals surface area (Å²) in [4.78, 5) is 11.6. The standard InChI is InChI=1S/C22H19N3O/c1-25(15-16-9-3-2-4-10-16)22-17-11-5-7-13-19(17)23-21(24-22)18-12-6-8-14-20(18)26/h2-14,26H,15H2,1H3. The highest BCUT2D eigenvalue weighted by molar-refractivity contribution is 5.91. The molecule has 0 aliphatic heterocycles. The minimum Gasteiger partial charge on any atom is -0.507 e. The zero-order valence-electron chi connectivity index (χ0n) is 14.5. The van der Waals surface area contributed by atoms with Crippen molar-refractivity contribution >= 4 is 16.7 Å². The molecule has 0 spiro atoms. The lowest BCUT2D eigenvalue weighted by Crippen LogP contribution is -2.18. The van der Waals surface area contributed by atoms with E-state index in [1.165, 1.54) is 5.56 Å². The fraction of sp³-hybridized carbons (Fsp3) is 0.0909. The van der Waals surface area contributed by atoms with Crippen molar-refractivity contribution in [1.29, 1.82) is 0 Å². The molecule has 0 aliphatic carbocycles. The van der Waals surface area contributed by atoms with Gasteiger partial charge >= 0.3 is 0 Å². The molecule has 0 unspecified atom stereocenters. The summed E-state index contributed by atoms with van der Waals surface area (Å²) < 4.78 is 0. The quantitative estimate of drug-likeness (QED) is 0.587. The van der Waals surface area contributed by atoms with Gasteiger partial charge in [0, 0.05) is 19.0 Å². The maximum Gasteiger partial charge on any atom is 0.165 e. The van der Waals surface area contributed by atoms with Crippen LogP contribution in [-0.2, 0) is 6.54 Å². The van der Waals surface area contributed by atoms with Gasteiger partial charge in [0.25, 0.3) is 0 Å². The van der Waals surface area contributed by atoms with Crippen molar-refractivity contribution in [1.82, 2.24) is 9.97 Å². The first kappa shape index (κ1) is 16.1. The third kappa shape index (κ3) is 3.09. The van der Waals surface area contributed by atoms with Crippen LogP contribution in [0.4, 0.5) is 5.82 Å². The molecule has 0 radical (unpaired) electrons. The minimum absolute atomic E-state index is 0.180. The maximum atomic E-state index is 10.2. The first-order valence-corrected chi connectivity index (χ1v) is 8.52. The van der Waals surface area contributed by atoms with Crippen molar-refractivity contribution in [3.63, 3.8) is 0 Å². The number of para-hydroxylation sites is 2. The lowest BCUT2D eigenvalue weighted by molar-refractivity contribution is 0.477. The van der Waals surface area contributed by atoms with Crippen molar-refractivity contribution in [3.8, 4) is 17.1 Å². The van der Waals surface area contributed by atoms with Gasteiger partial charge in [-0.2, -0.15) is 0 Å². The predicted molar refractivity (Wildman–Crippen MR) is 105 cm³/mol. The van der Waals surface area contributed by atoms with Crippen molar-refractivity contribution in [2.45, 2.75) is 6.54 Å². The Bertz CT molecular complexity index is 1050. The Hall–Kier alpha value is -3.40. The van der Waals surface area contributed by atoms with Crippen LogP contribution in [0.25, 0.3) is 22.3 Å². The molecule has 4 aromatic rings. The second kappa shape index (κ2) is 6.84. The summed E-state index contributed by atoms with van der Waals surface area (Å²) in [7, 11) is 2.02. The van der Waals surface area contributed by atoms with E-state index in [-0.39, 0.29) is 5.75 Å². The van der Waals surface area contributed by atoms with Crippen LogP contribution in [0.5, 0.6) is 5.75 Å². The summed E-state index contributed by atoms with van der Waals surface area (Å²) in [5.74, 6) is 1.55. The zero-order valence-corrected chi connectivity index (χ0v) is 14.5. The summed E-state index contributed by atoms with van der Waals surface area (Å²) in [6.45, 7) is 0.738. The molecule has 3 aromatic carbocycles. The average molecular weight is 341 g/mol. The number of nitrogens with zero attached hydrogens (tertiary/aromatic N) is 3. The van der Waals surface area contributed by atoms with Gasteiger partial charge in [-0.15, -0.1) is 0 Å². The van der Waals surface area contributed by atoms with Crippen LogP contribution >= 0.6 is 0 Å². The molecule has 26 heavy (non-hydrogen) atoms. The number of aromatic nitrogens is 2. The lowest BCUT2D eigenvalue weighted by atomic mass is 10.1. The van der Waals surface area contributed by atoms with Gasteiger partial charge in [0.1, 0.15) is 11.6 Å². The Morgan fingerprint density at radius 3 is 2.31 bits per heavy atom. The number of benzene rings is 3. The average Bonchev–Trinajstić information content (AvgIpc) is 2.68. The van der Waals surface area contributed by atoms with Gasteiger partial charge in [0.05, 0.1) is 11.1 Å². The highest BCUT2D eigenvalue weighted by atomic mass is 16.3. The maximum absolute atomic E-state index is 10.2. The summed E-state index contributed by atoms with van der Waals surface area (Å²) in [6, 6.07) is 25.4. The number of phenols is 1. The minimum atomic E-state index is 0.180. The summed E-state index contributed by atoms with van der Waals surface area (Å²) in [5, 5.41) is 11.2. The molecule has 1 aromatic heterocycles. The van der Waals surface area contributed by atoms with E-state index in [2.05, 4.69) is 22.0 Å². The number of rotatable bonds is 4. The molecule has 128 valence electrons. The molecule has 4 rings (SSSR count). The zero-order chi connectivity index (χ0) is 17.9. The Balaban J connectivity index is 1.83. The van der Waals surface area contributed by atoms with Gasteiger partial charge in [0.15, 0.2) is 5.82 Å². The van der Waals surface area contributed by atoms with E-state index >= 15 is 0 Å². The molecule has 4 heteroatoms. The summed E-state index contributed by atoms with van der Waals surface area (Å²) in [6.07, 6.45) is 0. The molecule has 0 atom stereocenters. The molecule has 0 fully saturated rings. The number of phenolic OH excluding ortho intramolecular Hbond substituents is 1. The molecular weight excluding hydrogens is 322 g/mol. The van der Waals surface area contributed by atoms with Gasteiger partial charge in [-0.1, -0.05) is 54.6 Å². The van der Waals surface area contributed by atoms with Crippen LogP contribution in [-0.4, -0.2) is 22.1 Å². The molecule has 1 N–H and O–H groups in total. The first-order valence-electron chi connectivity index (χ1n) is 8.52. The summed E-state index contributed by atoms with van der Waals surface area (Å²) >= 11 is 0. The van der Waals surface area contributed by atoms with Gasteiger partial charge in [0.2, 0.25) is 0 Å². The van der Waals surface area contributed by atoms with E-state index in [9.17, 15) is 5.11 Å². The van der Waals surface area contributed by atoms with Crippen LogP contribution in [0.2, 0.25) is 0 Å². The number of aromatic hydroxyl groups is 1. The predicted octanol–water partition coefficient (Wildman–Crippen LogP) is 4.64. The van der Waals surface area contributed by atoms with E-state index in [4.69, 9.17) is 4.98 Å². The largest absolute Gasteiger partial charge is 0.507 e. The molecule has 0 aliphatic rings. The smallest absolute Gasteiger partial charge is 0.165 e. The SMILES string of the molecule is CN(Cc1ccccc1)c1nc(-c2ccccc2O)nc2ccccc12. The number of hydrogen-bond donors (Lipinski definition) is 1. The molecule has 4 nitrogen and oxygen atoms in total. The Morgan fingerprint density at radius 1 is 0.808 bits per heavy atom. The second-order valence-electron chi connectivity index (χ2n) is 6.25. The normalized spacial score (nSPS) is 10.8. The van der Waals surface area contributed by atoms with Gasteiger partial charge in [-0.25, -0.2) is 9.97 Å². The highest BCUT2D eigenvalue weighted by Gasteiger charge is 2.14. The van der Waals surface area contributed by atoms with Crippen molar-refractivity contribution < 1.29 is 5.11 Å². The topological polar surface area (TPSA) is 49.2 Å². The van der Waals surface area contributed by atoms with E-state index in [1.54, 1.807) is 12.1 Å². The van der Waals surface area contributed by atoms with Crippen LogP contribution in [0, 0.1) is 0 Å². The van der Waals surface area contributed by atoms with Gasteiger partial charge < -0.3 is 10.0 Å².